The van der Waals surface area contributed by atoms with E-state index in [1.807, 2.05) is 61.7 Å². The summed E-state index contributed by atoms with van der Waals surface area (Å²) in [6.07, 6.45) is 5.10. The van der Waals surface area contributed by atoms with Crippen LogP contribution in [0.5, 0.6) is 0 Å². The molecule has 1 amide bonds. The maximum Gasteiger partial charge on any atom is 0.243 e. The Morgan fingerprint density at radius 1 is 1.12 bits per heavy atom. The van der Waals surface area contributed by atoms with Crippen LogP contribution in [0.25, 0.3) is 17.1 Å². The van der Waals surface area contributed by atoms with E-state index in [2.05, 4.69) is 20.9 Å². The number of imidazole rings is 1. The van der Waals surface area contributed by atoms with Gasteiger partial charge in [0, 0.05) is 26.1 Å². The summed E-state index contributed by atoms with van der Waals surface area (Å²) < 4.78 is 2.12. The van der Waals surface area contributed by atoms with Crippen molar-refractivity contribution in [2.45, 2.75) is 12.8 Å². The van der Waals surface area contributed by atoms with Crippen LogP contribution in [-0.4, -0.2) is 22.0 Å². The van der Waals surface area contributed by atoms with Gasteiger partial charge in [0.25, 0.3) is 0 Å². The van der Waals surface area contributed by atoms with Crippen molar-refractivity contribution in [1.82, 2.24) is 14.9 Å². The Hall–Kier alpha value is -2.88. The van der Waals surface area contributed by atoms with Crippen LogP contribution in [0, 0.1) is 0 Å². The average Bonchev–Trinajstić information content (AvgIpc) is 2.94. The third-order valence-corrected chi connectivity index (χ3v) is 3.98. The van der Waals surface area contributed by atoms with Gasteiger partial charge in [0.2, 0.25) is 5.91 Å². The molecule has 0 aliphatic carbocycles. The molecule has 0 spiro atoms. The number of nitrogens with one attached hydrogen (secondary N) is 1. The van der Waals surface area contributed by atoms with Crippen LogP contribution in [0.3, 0.4) is 0 Å². The molecule has 0 saturated carbocycles. The molecular weight excluding hydrogens is 298 g/mol. The third-order valence-electron chi connectivity index (χ3n) is 3.98. The average molecular weight is 319 g/mol. The molecule has 0 unspecified atom stereocenters. The Labute approximate surface area is 141 Å². The minimum absolute atomic E-state index is 0.0659. The largest absolute Gasteiger partial charge is 0.353 e. The molecule has 0 atom stereocenters. The number of carbonyl (C=O) groups is 1. The summed E-state index contributed by atoms with van der Waals surface area (Å²) in [7, 11) is 2.03. The van der Waals surface area contributed by atoms with Crippen molar-refractivity contribution in [3.63, 3.8) is 0 Å². The molecule has 0 saturated heterocycles. The van der Waals surface area contributed by atoms with Gasteiger partial charge in [-0.2, -0.15) is 0 Å². The maximum absolute atomic E-state index is 11.8. The molecule has 4 nitrogen and oxygen atoms in total. The van der Waals surface area contributed by atoms with Crippen LogP contribution >= 0.6 is 0 Å². The minimum atomic E-state index is -0.0659. The summed E-state index contributed by atoms with van der Waals surface area (Å²) in [5.41, 5.74) is 3.18. The first-order valence-electron chi connectivity index (χ1n) is 8.15. The number of amides is 1. The van der Waals surface area contributed by atoms with Gasteiger partial charge in [0.15, 0.2) is 0 Å². The quantitative estimate of drug-likeness (QED) is 0.559. The first kappa shape index (κ1) is 16.0. The van der Waals surface area contributed by atoms with E-state index in [0.29, 0.717) is 6.54 Å². The lowest BCUT2D eigenvalue weighted by Gasteiger charge is -2.03. The van der Waals surface area contributed by atoms with E-state index in [4.69, 9.17) is 0 Å². The number of fused-ring (bicyclic) bond motifs is 1. The molecule has 3 rings (SSSR count). The van der Waals surface area contributed by atoms with E-state index in [0.717, 1.165) is 35.3 Å². The van der Waals surface area contributed by atoms with Crippen LogP contribution in [0.4, 0.5) is 0 Å². The predicted molar refractivity (Wildman–Crippen MR) is 97.5 cm³/mol. The number of hydrogen-bond donors (Lipinski definition) is 1. The number of para-hydroxylation sites is 2. The maximum atomic E-state index is 11.8. The number of nitrogens with zero attached hydrogens (tertiary/aromatic N) is 2. The van der Waals surface area contributed by atoms with Crippen LogP contribution < -0.4 is 5.32 Å². The molecule has 122 valence electrons. The van der Waals surface area contributed by atoms with E-state index in [1.165, 1.54) is 0 Å². The normalized spacial score (nSPS) is 11.2. The number of aromatic nitrogens is 2. The summed E-state index contributed by atoms with van der Waals surface area (Å²) in [4.78, 5) is 16.5. The number of benzene rings is 2. The van der Waals surface area contributed by atoms with Gasteiger partial charge in [0.05, 0.1) is 11.0 Å². The number of rotatable bonds is 6. The lowest BCUT2D eigenvalue weighted by molar-refractivity contribution is -0.116. The number of hydrogen-bond acceptors (Lipinski definition) is 2. The molecule has 0 fully saturated rings. The molecule has 2 aromatic carbocycles. The Balaban J connectivity index is 1.47. The lowest BCUT2D eigenvalue weighted by Crippen LogP contribution is -2.22. The van der Waals surface area contributed by atoms with Gasteiger partial charge < -0.3 is 9.88 Å². The Morgan fingerprint density at radius 2 is 1.88 bits per heavy atom. The van der Waals surface area contributed by atoms with Gasteiger partial charge in [-0.25, -0.2) is 4.98 Å². The second-order valence-corrected chi connectivity index (χ2v) is 5.71. The highest BCUT2D eigenvalue weighted by atomic mass is 16.1. The first-order chi connectivity index (χ1) is 11.7. The van der Waals surface area contributed by atoms with E-state index in [1.54, 1.807) is 6.08 Å². The van der Waals surface area contributed by atoms with E-state index >= 15 is 0 Å². The smallest absolute Gasteiger partial charge is 0.243 e. The SMILES string of the molecule is Cn1c(CCCNC(=O)/C=C/c2ccccc2)nc2ccccc21. The molecule has 24 heavy (non-hydrogen) atoms. The second-order valence-electron chi connectivity index (χ2n) is 5.71. The second kappa shape index (κ2) is 7.59. The van der Waals surface area contributed by atoms with E-state index in [9.17, 15) is 4.79 Å². The van der Waals surface area contributed by atoms with Crippen molar-refractivity contribution in [2.75, 3.05) is 6.54 Å². The highest BCUT2D eigenvalue weighted by molar-refractivity contribution is 5.91. The molecular formula is C20H21N3O. The van der Waals surface area contributed by atoms with Crippen LogP contribution in [0.1, 0.15) is 17.8 Å². The van der Waals surface area contributed by atoms with Gasteiger partial charge in [-0.15, -0.1) is 0 Å². The van der Waals surface area contributed by atoms with E-state index < -0.39 is 0 Å². The molecule has 1 heterocycles. The molecule has 1 aromatic heterocycles. The molecule has 4 heteroatoms. The van der Waals surface area contributed by atoms with Crippen LogP contribution in [0.2, 0.25) is 0 Å². The minimum Gasteiger partial charge on any atom is -0.353 e. The highest BCUT2D eigenvalue weighted by Gasteiger charge is 2.06. The van der Waals surface area contributed by atoms with Gasteiger partial charge in [-0.1, -0.05) is 42.5 Å². The molecule has 3 aromatic rings. The van der Waals surface area contributed by atoms with Gasteiger partial charge in [0.1, 0.15) is 5.82 Å². The lowest BCUT2D eigenvalue weighted by atomic mass is 10.2. The Morgan fingerprint density at radius 3 is 2.67 bits per heavy atom. The van der Waals surface area contributed by atoms with Crippen LogP contribution in [-0.2, 0) is 18.3 Å². The van der Waals surface area contributed by atoms with Gasteiger partial charge in [-0.3, -0.25) is 4.79 Å². The van der Waals surface area contributed by atoms with Crippen molar-refractivity contribution < 1.29 is 4.79 Å². The third kappa shape index (κ3) is 3.90. The molecule has 0 aliphatic heterocycles. The zero-order valence-electron chi connectivity index (χ0n) is 13.8. The fourth-order valence-electron chi connectivity index (χ4n) is 2.67. The zero-order valence-corrected chi connectivity index (χ0v) is 13.8. The fraction of sp³-hybridized carbons (Fsp3) is 0.200. The van der Waals surface area contributed by atoms with Crippen molar-refractivity contribution in [2.24, 2.45) is 7.05 Å². The predicted octanol–water partition coefficient (Wildman–Crippen LogP) is 3.34. The van der Waals surface area contributed by atoms with Crippen molar-refractivity contribution >= 4 is 23.0 Å². The van der Waals surface area contributed by atoms with Crippen molar-refractivity contribution in [3.8, 4) is 0 Å². The highest BCUT2D eigenvalue weighted by Crippen LogP contribution is 2.14. The van der Waals surface area contributed by atoms with Gasteiger partial charge >= 0.3 is 0 Å². The van der Waals surface area contributed by atoms with E-state index in [-0.39, 0.29) is 5.91 Å². The van der Waals surface area contributed by atoms with Crippen molar-refractivity contribution in [1.29, 1.82) is 0 Å². The summed E-state index contributed by atoms with van der Waals surface area (Å²) >= 11 is 0. The van der Waals surface area contributed by atoms with Crippen molar-refractivity contribution in [3.05, 3.63) is 72.1 Å². The number of aryl methyl sites for hydroxylation is 2. The molecule has 0 radical (unpaired) electrons. The monoisotopic (exact) mass is 319 g/mol. The Kier molecular flexibility index (Phi) is 5.06. The standard InChI is InChI=1S/C20H21N3O/c1-23-18-11-6-5-10-17(18)22-19(23)12-7-15-21-20(24)14-13-16-8-3-2-4-9-16/h2-6,8-11,13-14H,7,12,15H2,1H3,(H,21,24)/b14-13+. The number of carbonyl (C=O) groups excluding carboxylic acids is 1. The zero-order chi connectivity index (χ0) is 16.8. The summed E-state index contributed by atoms with van der Waals surface area (Å²) in [5.74, 6) is 0.981. The van der Waals surface area contributed by atoms with Gasteiger partial charge in [-0.05, 0) is 30.2 Å². The molecule has 0 bridgehead atoms. The summed E-state index contributed by atoms with van der Waals surface area (Å²) in [6, 6.07) is 17.9. The topological polar surface area (TPSA) is 46.9 Å². The summed E-state index contributed by atoms with van der Waals surface area (Å²) in [5, 5.41) is 2.91. The molecule has 0 aliphatic rings. The summed E-state index contributed by atoms with van der Waals surface area (Å²) in [6.45, 7) is 0.640. The van der Waals surface area contributed by atoms with Crippen LogP contribution in [0.15, 0.2) is 60.7 Å². The fourth-order valence-corrected chi connectivity index (χ4v) is 2.67. The first-order valence-corrected chi connectivity index (χ1v) is 8.15. The Bertz CT molecular complexity index is 850. The molecule has 1 N–H and O–H groups in total.